The smallest absolute Gasteiger partial charge is 0.274 e. The largest absolute Gasteiger partial charge is 0.389 e. The summed E-state index contributed by atoms with van der Waals surface area (Å²) in [5, 5.41) is 15.3. The minimum Gasteiger partial charge on any atom is -0.389 e. The number of aliphatic hydroxyl groups is 1. The summed E-state index contributed by atoms with van der Waals surface area (Å²) in [5.41, 5.74) is 5.31. The average Bonchev–Trinajstić information content (AvgIpc) is 3.12. The van der Waals surface area contributed by atoms with Crippen LogP contribution in [0.2, 0.25) is 0 Å². The molecule has 4 amide bonds. The molecule has 28 heavy (non-hydrogen) atoms. The molecule has 1 aliphatic rings. The van der Waals surface area contributed by atoms with E-state index in [2.05, 4.69) is 47.5 Å². The lowest BCUT2D eigenvalue weighted by Crippen LogP contribution is -2.52. The first-order valence-corrected chi connectivity index (χ1v) is 10.6. The van der Waals surface area contributed by atoms with E-state index in [4.69, 9.17) is 5.73 Å². The Kier molecular flexibility index (Phi) is 7.92. The van der Waals surface area contributed by atoms with Crippen molar-refractivity contribution < 1.29 is 24.3 Å². The normalized spacial score (nSPS) is 19.9. The number of likely N-dealkylation sites (tertiary alicyclic amines) is 1. The zero-order chi connectivity index (χ0) is 21.0. The molecule has 0 aliphatic carbocycles. The van der Waals surface area contributed by atoms with E-state index in [1.165, 1.54) is 23.2 Å². The number of amides is 4. The molecule has 1 saturated heterocycles. The highest BCUT2D eigenvalue weighted by Crippen LogP contribution is 2.30. The maximum atomic E-state index is 12.6. The first-order valence-electron chi connectivity index (χ1n) is 8.23. The average molecular weight is 541 g/mol. The van der Waals surface area contributed by atoms with Gasteiger partial charge in [0.15, 0.2) is 9.61 Å². The number of carbonyl (C=O) groups excluding carboxylic acids is 4. The van der Waals surface area contributed by atoms with Gasteiger partial charge in [-0.15, -0.1) is 0 Å². The zero-order valence-corrected chi connectivity index (χ0v) is 18.8. The van der Waals surface area contributed by atoms with Gasteiger partial charge in [-0.25, -0.2) is 4.98 Å². The number of carbonyl (C=O) groups is 4. The van der Waals surface area contributed by atoms with E-state index in [1.807, 2.05) is 0 Å². The number of aromatic nitrogens is 1. The minimum absolute atomic E-state index is 0.0253. The Balaban J connectivity index is 2.01. The van der Waals surface area contributed by atoms with Gasteiger partial charge in [0.2, 0.25) is 17.7 Å². The van der Waals surface area contributed by atoms with Crippen LogP contribution in [0.1, 0.15) is 30.3 Å². The second-order valence-corrected chi connectivity index (χ2v) is 9.83. The van der Waals surface area contributed by atoms with Crippen LogP contribution >= 0.6 is 43.2 Å². The van der Waals surface area contributed by atoms with Crippen molar-refractivity contribution in [2.75, 3.05) is 13.1 Å². The standard InChI is InChI=1S/C15H19Br2N5O5S/c1-6(23)19-7(2-3-10(18)25)13(26)20-8-4-22(5-9(8)24)14(27)11-12(16)28-15(17)21-11/h7-9,24H,2-5H2,1H3,(H2,18,25)(H,19,23)(H,20,26)/t7-,8+,9+/m0/s1. The highest BCUT2D eigenvalue weighted by atomic mass is 79.9. The van der Waals surface area contributed by atoms with E-state index in [0.717, 1.165) is 0 Å². The van der Waals surface area contributed by atoms with Crippen LogP contribution in [0.15, 0.2) is 7.70 Å². The summed E-state index contributed by atoms with van der Waals surface area (Å²) in [6.45, 7) is 1.35. The number of nitrogens with zero attached hydrogens (tertiary/aromatic N) is 2. The van der Waals surface area contributed by atoms with Crippen LogP contribution in [0.3, 0.4) is 0 Å². The molecule has 5 N–H and O–H groups in total. The molecule has 3 atom stereocenters. The predicted octanol–water partition coefficient (Wildman–Crippen LogP) is -0.260. The van der Waals surface area contributed by atoms with Crippen molar-refractivity contribution in [2.24, 2.45) is 5.73 Å². The molecular weight excluding hydrogens is 522 g/mol. The maximum Gasteiger partial charge on any atom is 0.274 e. The van der Waals surface area contributed by atoms with Crippen molar-refractivity contribution in [1.29, 1.82) is 0 Å². The van der Waals surface area contributed by atoms with Crippen LogP contribution in [0.5, 0.6) is 0 Å². The van der Waals surface area contributed by atoms with Crippen LogP contribution in [-0.2, 0) is 14.4 Å². The van der Waals surface area contributed by atoms with Gasteiger partial charge in [0.25, 0.3) is 5.91 Å². The number of rotatable bonds is 7. The molecule has 13 heteroatoms. The van der Waals surface area contributed by atoms with Crippen LogP contribution in [0.4, 0.5) is 0 Å². The third-order valence-electron chi connectivity index (χ3n) is 4.04. The Labute approximate surface area is 181 Å². The third kappa shape index (κ3) is 5.96. The SMILES string of the molecule is CC(=O)N[C@@H](CCC(N)=O)C(=O)N[C@@H]1CN(C(=O)c2nc(Br)sc2Br)C[C@H]1O. The van der Waals surface area contributed by atoms with Crippen molar-refractivity contribution >= 4 is 66.8 Å². The molecular formula is C15H19Br2N5O5S. The number of thiazole rings is 1. The van der Waals surface area contributed by atoms with Crippen molar-refractivity contribution in [2.45, 2.75) is 38.0 Å². The van der Waals surface area contributed by atoms with E-state index >= 15 is 0 Å². The number of hydrogen-bond acceptors (Lipinski definition) is 7. The molecule has 0 unspecified atom stereocenters. The summed E-state index contributed by atoms with van der Waals surface area (Å²) in [4.78, 5) is 52.9. The lowest BCUT2D eigenvalue weighted by Gasteiger charge is -2.21. The number of nitrogens with two attached hydrogens (primary N) is 1. The molecule has 0 spiro atoms. The molecule has 1 aromatic rings. The Morgan fingerprint density at radius 2 is 2.04 bits per heavy atom. The second kappa shape index (κ2) is 9.76. The summed E-state index contributed by atoms with van der Waals surface area (Å²) >= 11 is 7.73. The van der Waals surface area contributed by atoms with E-state index < -0.39 is 35.9 Å². The third-order valence-corrected chi connectivity index (χ3v) is 6.20. The van der Waals surface area contributed by atoms with E-state index in [0.29, 0.717) is 7.70 Å². The fourth-order valence-electron chi connectivity index (χ4n) is 2.74. The zero-order valence-electron chi connectivity index (χ0n) is 14.8. The van der Waals surface area contributed by atoms with Crippen molar-refractivity contribution in [3.8, 4) is 0 Å². The van der Waals surface area contributed by atoms with Gasteiger partial charge in [-0.2, -0.15) is 0 Å². The fraction of sp³-hybridized carbons (Fsp3) is 0.533. The van der Waals surface area contributed by atoms with Gasteiger partial charge >= 0.3 is 0 Å². The lowest BCUT2D eigenvalue weighted by molar-refractivity contribution is -0.129. The quantitative estimate of drug-likeness (QED) is 0.373. The van der Waals surface area contributed by atoms with E-state index in [9.17, 15) is 24.3 Å². The van der Waals surface area contributed by atoms with Gasteiger partial charge in [0, 0.05) is 26.4 Å². The van der Waals surface area contributed by atoms with E-state index in [1.54, 1.807) is 0 Å². The summed E-state index contributed by atoms with van der Waals surface area (Å²) < 4.78 is 1.10. The number of primary amides is 1. The highest BCUT2D eigenvalue weighted by Gasteiger charge is 2.37. The molecule has 0 bridgehead atoms. The number of nitrogens with one attached hydrogen (secondary N) is 2. The highest BCUT2D eigenvalue weighted by molar-refractivity contribution is 9.12. The van der Waals surface area contributed by atoms with E-state index in [-0.39, 0.29) is 37.5 Å². The van der Waals surface area contributed by atoms with Gasteiger partial charge in [-0.3, -0.25) is 19.2 Å². The van der Waals surface area contributed by atoms with Crippen LogP contribution in [0.25, 0.3) is 0 Å². The summed E-state index contributed by atoms with van der Waals surface area (Å²) in [6.07, 6.45) is -1.03. The lowest BCUT2D eigenvalue weighted by atomic mass is 10.1. The summed E-state index contributed by atoms with van der Waals surface area (Å²) in [7, 11) is 0. The first-order chi connectivity index (χ1) is 13.1. The molecule has 0 saturated carbocycles. The summed E-state index contributed by atoms with van der Waals surface area (Å²) in [6, 6.07) is -1.69. The summed E-state index contributed by atoms with van der Waals surface area (Å²) in [5.74, 6) is -1.97. The number of halogens is 2. The Bertz CT molecular complexity index is 789. The van der Waals surface area contributed by atoms with Crippen molar-refractivity contribution in [3.05, 3.63) is 13.4 Å². The van der Waals surface area contributed by atoms with Gasteiger partial charge in [0.05, 0.1) is 12.1 Å². The maximum absolute atomic E-state index is 12.6. The van der Waals surface area contributed by atoms with Gasteiger partial charge in [-0.1, -0.05) is 11.3 Å². The molecule has 2 heterocycles. The van der Waals surface area contributed by atoms with Crippen LogP contribution in [0, 0.1) is 0 Å². The molecule has 0 aromatic carbocycles. The van der Waals surface area contributed by atoms with Crippen LogP contribution in [-0.4, -0.2) is 69.9 Å². The van der Waals surface area contributed by atoms with Crippen LogP contribution < -0.4 is 16.4 Å². The molecule has 1 aromatic heterocycles. The number of aliphatic hydroxyl groups excluding tert-OH is 1. The van der Waals surface area contributed by atoms with Gasteiger partial charge in [0.1, 0.15) is 9.83 Å². The fourth-order valence-corrected chi connectivity index (χ4v) is 5.28. The Hall–Kier alpha value is -1.57. The molecule has 10 nitrogen and oxygen atoms in total. The monoisotopic (exact) mass is 539 g/mol. The van der Waals surface area contributed by atoms with Crippen molar-refractivity contribution in [3.63, 3.8) is 0 Å². The number of β-amino-alcohol motifs (C(OH)–C–C–N with tert-alkyl or cyclic N) is 1. The Morgan fingerprint density at radius 1 is 1.36 bits per heavy atom. The minimum atomic E-state index is -0.983. The van der Waals surface area contributed by atoms with Crippen molar-refractivity contribution in [1.82, 2.24) is 20.5 Å². The molecule has 1 fully saturated rings. The molecule has 154 valence electrons. The molecule has 0 radical (unpaired) electrons. The van der Waals surface area contributed by atoms with Gasteiger partial charge in [-0.05, 0) is 38.3 Å². The number of hydrogen-bond donors (Lipinski definition) is 4. The first kappa shape index (κ1) is 22.7. The molecule has 1 aliphatic heterocycles. The Morgan fingerprint density at radius 3 is 2.57 bits per heavy atom. The topological polar surface area (TPSA) is 155 Å². The second-order valence-electron chi connectivity index (χ2n) is 6.24. The van der Waals surface area contributed by atoms with Gasteiger partial charge < -0.3 is 26.4 Å². The molecule has 2 rings (SSSR count). The predicted molar refractivity (Wildman–Crippen MR) is 107 cm³/mol.